The van der Waals surface area contributed by atoms with Crippen LogP contribution in [0.5, 0.6) is 11.5 Å². The van der Waals surface area contributed by atoms with Crippen molar-refractivity contribution in [2.75, 3.05) is 14.2 Å². The molecule has 1 aromatic rings. The van der Waals surface area contributed by atoms with Crippen molar-refractivity contribution in [3.8, 4) is 11.5 Å². The Morgan fingerprint density at radius 1 is 1.30 bits per heavy atom. The molecule has 0 aliphatic heterocycles. The van der Waals surface area contributed by atoms with Crippen molar-refractivity contribution < 1.29 is 9.47 Å². The first kappa shape index (κ1) is 15.2. The van der Waals surface area contributed by atoms with Gasteiger partial charge in [-0.25, -0.2) is 0 Å². The molecule has 0 saturated heterocycles. The summed E-state index contributed by atoms with van der Waals surface area (Å²) in [4.78, 5) is 0. The number of ether oxygens (including phenoxy) is 2. The maximum Gasteiger partial charge on any atom is 0.124 e. The van der Waals surface area contributed by atoms with Crippen molar-refractivity contribution in [2.24, 2.45) is 5.92 Å². The normalized spacial score (nSPS) is 22.6. The minimum Gasteiger partial charge on any atom is -0.497 e. The molecule has 1 N–H and O–H groups in total. The van der Waals surface area contributed by atoms with E-state index in [-0.39, 0.29) is 0 Å². The molecule has 3 nitrogen and oxygen atoms in total. The Bertz CT molecular complexity index is 419. The number of hydrogen-bond donors (Lipinski definition) is 1. The lowest BCUT2D eigenvalue weighted by Gasteiger charge is -2.29. The zero-order valence-electron chi connectivity index (χ0n) is 12.9. The molecule has 0 bridgehead atoms. The van der Waals surface area contributed by atoms with Gasteiger partial charge in [0.25, 0.3) is 0 Å². The van der Waals surface area contributed by atoms with Gasteiger partial charge in [0.1, 0.15) is 11.5 Å². The predicted octanol–water partition coefficient (Wildman–Crippen LogP) is 3.76. The van der Waals surface area contributed by atoms with E-state index in [1.807, 2.05) is 19.2 Å². The molecule has 1 saturated carbocycles. The van der Waals surface area contributed by atoms with Gasteiger partial charge in [0.2, 0.25) is 0 Å². The molecule has 1 aromatic carbocycles. The van der Waals surface area contributed by atoms with Gasteiger partial charge >= 0.3 is 0 Å². The maximum absolute atomic E-state index is 6.28. The van der Waals surface area contributed by atoms with Crippen LogP contribution in [0.3, 0.4) is 0 Å². The molecule has 0 amide bonds. The van der Waals surface area contributed by atoms with Crippen molar-refractivity contribution in [3.05, 3.63) is 23.8 Å². The smallest absolute Gasteiger partial charge is 0.124 e. The van der Waals surface area contributed by atoms with Gasteiger partial charge in [0.15, 0.2) is 0 Å². The van der Waals surface area contributed by atoms with Crippen LogP contribution in [0.2, 0.25) is 0 Å². The summed E-state index contributed by atoms with van der Waals surface area (Å²) in [5, 5.41) is 3.20. The van der Waals surface area contributed by atoms with E-state index in [0.29, 0.717) is 6.10 Å². The minimum absolute atomic E-state index is 0.373. The number of methoxy groups -OCH3 is 1. The molecule has 2 atom stereocenters. The summed E-state index contributed by atoms with van der Waals surface area (Å²) >= 11 is 0. The van der Waals surface area contributed by atoms with E-state index in [4.69, 9.17) is 9.47 Å². The lowest BCUT2D eigenvalue weighted by atomic mass is 9.85. The molecule has 1 fully saturated rings. The average molecular weight is 277 g/mol. The predicted molar refractivity (Wildman–Crippen MR) is 82.4 cm³/mol. The monoisotopic (exact) mass is 277 g/mol. The van der Waals surface area contributed by atoms with E-state index in [1.165, 1.54) is 37.7 Å². The van der Waals surface area contributed by atoms with Crippen LogP contribution >= 0.6 is 0 Å². The molecule has 2 unspecified atom stereocenters. The van der Waals surface area contributed by atoms with E-state index < -0.39 is 0 Å². The second kappa shape index (κ2) is 7.53. The van der Waals surface area contributed by atoms with Crippen LogP contribution in [0.4, 0.5) is 0 Å². The molecule has 20 heavy (non-hydrogen) atoms. The summed E-state index contributed by atoms with van der Waals surface area (Å²) in [5.41, 5.74) is 1.17. The molecule has 0 radical (unpaired) electrons. The van der Waals surface area contributed by atoms with Crippen LogP contribution in [0.1, 0.15) is 44.6 Å². The van der Waals surface area contributed by atoms with Crippen molar-refractivity contribution in [1.82, 2.24) is 5.32 Å². The quantitative estimate of drug-likeness (QED) is 0.858. The molecule has 1 aliphatic rings. The molecular formula is C17H27NO2. The lowest BCUT2D eigenvalue weighted by Crippen LogP contribution is -2.25. The maximum atomic E-state index is 6.28. The highest BCUT2D eigenvalue weighted by atomic mass is 16.5. The third kappa shape index (κ3) is 3.89. The fourth-order valence-corrected chi connectivity index (χ4v) is 3.03. The van der Waals surface area contributed by atoms with Crippen molar-refractivity contribution >= 4 is 0 Å². The molecule has 1 aliphatic carbocycles. The van der Waals surface area contributed by atoms with E-state index in [1.54, 1.807) is 7.11 Å². The summed E-state index contributed by atoms with van der Waals surface area (Å²) in [5.74, 6) is 2.72. The van der Waals surface area contributed by atoms with Crippen LogP contribution < -0.4 is 14.8 Å². The van der Waals surface area contributed by atoms with E-state index in [9.17, 15) is 0 Å². The molecular weight excluding hydrogens is 250 g/mol. The summed E-state index contributed by atoms with van der Waals surface area (Å²) in [6, 6.07) is 6.08. The lowest BCUT2D eigenvalue weighted by molar-refractivity contribution is 0.121. The molecule has 0 aromatic heterocycles. The number of nitrogens with one attached hydrogen (secondary N) is 1. The Morgan fingerprint density at radius 2 is 2.15 bits per heavy atom. The number of benzene rings is 1. The van der Waals surface area contributed by atoms with Gasteiger partial charge in [-0.05, 0) is 50.4 Å². The van der Waals surface area contributed by atoms with E-state index in [2.05, 4.69) is 18.3 Å². The average Bonchev–Trinajstić information content (AvgIpc) is 2.49. The zero-order chi connectivity index (χ0) is 14.4. The Labute approximate surface area is 122 Å². The topological polar surface area (TPSA) is 30.5 Å². The van der Waals surface area contributed by atoms with Gasteiger partial charge in [-0.15, -0.1) is 0 Å². The van der Waals surface area contributed by atoms with Crippen molar-refractivity contribution in [1.29, 1.82) is 0 Å². The van der Waals surface area contributed by atoms with Crippen LogP contribution in [0, 0.1) is 5.92 Å². The highest BCUT2D eigenvalue weighted by molar-refractivity contribution is 5.40. The van der Waals surface area contributed by atoms with Crippen LogP contribution in [0.15, 0.2) is 18.2 Å². The molecule has 0 heterocycles. The molecule has 2 rings (SSSR count). The Hall–Kier alpha value is -1.22. The summed E-state index contributed by atoms with van der Waals surface area (Å²) in [6.07, 6.45) is 6.68. The second-order valence-electron chi connectivity index (χ2n) is 5.68. The van der Waals surface area contributed by atoms with Gasteiger partial charge in [-0.1, -0.05) is 19.8 Å². The fourth-order valence-electron chi connectivity index (χ4n) is 3.03. The molecule has 0 spiro atoms. The van der Waals surface area contributed by atoms with Gasteiger partial charge in [-0.3, -0.25) is 0 Å². The first-order valence-electron chi connectivity index (χ1n) is 7.75. The summed E-state index contributed by atoms with van der Waals surface area (Å²) < 4.78 is 11.6. The standard InChI is InChI=1S/C17H27NO2/c1-4-13-6-5-7-16(10-13)20-17-9-8-15(19-3)11-14(17)12-18-2/h8-9,11,13,16,18H,4-7,10,12H2,1-3H3. The van der Waals surface area contributed by atoms with Crippen molar-refractivity contribution in [3.63, 3.8) is 0 Å². The van der Waals surface area contributed by atoms with Crippen LogP contribution in [-0.4, -0.2) is 20.3 Å². The van der Waals surface area contributed by atoms with Gasteiger partial charge in [0, 0.05) is 12.1 Å². The zero-order valence-corrected chi connectivity index (χ0v) is 12.9. The fraction of sp³-hybridized carbons (Fsp3) is 0.647. The molecule has 112 valence electrons. The van der Waals surface area contributed by atoms with Gasteiger partial charge in [-0.2, -0.15) is 0 Å². The van der Waals surface area contributed by atoms with Crippen molar-refractivity contribution in [2.45, 2.75) is 51.7 Å². The van der Waals surface area contributed by atoms with Crippen LogP contribution in [-0.2, 0) is 6.54 Å². The SMILES string of the molecule is CCC1CCCC(Oc2ccc(OC)cc2CNC)C1. The van der Waals surface area contributed by atoms with Crippen LogP contribution in [0.25, 0.3) is 0 Å². The highest BCUT2D eigenvalue weighted by Gasteiger charge is 2.22. The summed E-state index contributed by atoms with van der Waals surface area (Å²) in [6.45, 7) is 3.09. The van der Waals surface area contributed by atoms with Gasteiger partial charge < -0.3 is 14.8 Å². The minimum atomic E-state index is 0.373. The Kier molecular flexibility index (Phi) is 5.72. The number of hydrogen-bond acceptors (Lipinski definition) is 3. The third-order valence-electron chi connectivity index (χ3n) is 4.24. The number of rotatable bonds is 6. The summed E-state index contributed by atoms with van der Waals surface area (Å²) in [7, 11) is 3.66. The first-order valence-corrected chi connectivity index (χ1v) is 7.75. The highest BCUT2D eigenvalue weighted by Crippen LogP contribution is 2.32. The second-order valence-corrected chi connectivity index (χ2v) is 5.68. The third-order valence-corrected chi connectivity index (χ3v) is 4.24. The van der Waals surface area contributed by atoms with Gasteiger partial charge in [0.05, 0.1) is 13.2 Å². The van der Waals surface area contributed by atoms with E-state index in [0.717, 1.165) is 24.0 Å². The van der Waals surface area contributed by atoms with E-state index >= 15 is 0 Å². The largest absolute Gasteiger partial charge is 0.497 e. The Morgan fingerprint density at radius 3 is 2.85 bits per heavy atom. The Balaban J connectivity index is 2.07. The first-order chi connectivity index (χ1) is 9.76. The molecule has 3 heteroatoms.